The zero-order valence-electron chi connectivity index (χ0n) is 19.7. The van der Waals surface area contributed by atoms with Gasteiger partial charge in [-0.25, -0.2) is 28.1 Å². The number of methoxy groups -OCH3 is 1. The molecule has 1 atom stereocenters. The molecule has 0 saturated carbocycles. The standard InChI is InChI=1S/C26H23F3N4O4/c1-37-20-12-7-11-19(14-20)33-24(35)31(15-18-10-5-6-13-21(18)26(27,28)29)23(34)32(25(33)36)16-22(30)17-8-3-2-4-9-17/h2-14,22H,15-16,30H2,1H3. The van der Waals surface area contributed by atoms with E-state index >= 15 is 0 Å². The smallest absolute Gasteiger partial charge is 0.416 e. The van der Waals surface area contributed by atoms with Crippen molar-refractivity contribution in [1.29, 1.82) is 0 Å². The van der Waals surface area contributed by atoms with Gasteiger partial charge in [0.2, 0.25) is 0 Å². The first-order valence-corrected chi connectivity index (χ1v) is 11.2. The van der Waals surface area contributed by atoms with Gasteiger partial charge in [-0.15, -0.1) is 0 Å². The van der Waals surface area contributed by atoms with Crippen molar-refractivity contribution in [1.82, 2.24) is 13.7 Å². The van der Waals surface area contributed by atoms with Crippen molar-refractivity contribution in [3.8, 4) is 11.4 Å². The fraction of sp³-hybridized carbons (Fsp3) is 0.192. The lowest BCUT2D eigenvalue weighted by molar-refractivity contribution is -0.138. The van der Waals surface area contributed by atoms with E-state index in [1.165, 1.54) is 43.5 Å². The lowest BCUT2D eigenvalue weighted by Gasteiger charge is -2.18. The molecular weight excluding hydrogens is 489 g/mol. The lowest BCUT2D eigenvalue weighted by atomic mass is 10.1. The molecule has 0 spiro atoms. The van der Waals surface area contributed by atoms with E-state index in [0.717, 1.165) is 15.2 Å². The Labute approximate surface area is 208 Å². The number of hydrogen-bond donors (Lipinski definition) is 1. The van der Waals surface area contributed by atoms with E-state index in [1.54, 1.807) is 36.4 Å². The van der Waals surface area contributed by atoms with E-state index in [-0.39, 0.29) is 17.8 Å². The van der Waals surface area contributed by atoms with Gasteiger partial charge in [0, 0.05) is 12.1 Å². The van der Waals surface area contributed by atoms with Crippen molar-refractivity contribution in [2.45, 2.75) is 25.3 Å². The minimum Gasteiger partial charge on any atom is -0.497 e. The van der Waals surface area contributed by atoms with Gasteiger partial charge in [0.05, 0.1) is 31.5 Å². The molecule has 0 saturated heterocycles. The zero-order chi connectivity index (χ0) is 26.7. The molecule has 4 aromatic rings. The van der Waals surface area contributed by atoms with Crippen molar-refractivity contribution in [2.24, 2.45) is 5.73 Å². The van der Waals surface area contributed by atoms with Crippen molar-refractivity contribution in [2.75, 3.05) is 7.11 Å². The van der Waals surface area contributed by atoms with E-state index in [9.17, 15) is 27.6 Å². The number of ether oxygens (including phenoxy) is 1. The fourth-order valence-electron chi connectivity index (χ4n) is 4.00. The number of aromatic nitrogens is 3. The SMILES string of the molecule is COc1cccc(-n2c(=O)n(Cc3ccccc3C(F)(F)F)c(=O)n(CC(N)c3ccccc3)c2=O)c1. The van der Waals surface area contributed by atoms with Gasteiger partial charge in [-0.1, -0.05) is 54.6 Å². The number of alkyl halides is 3. The number of hydrogen-bond acceptors (Lipinski definition) is 5. The summed E-state index contributed by atoms with van der Waals surface area (Å²) < 4.78 is 48.1. The molecule has 37 heavy (non-hydrogen) atoms. The summed E-state index contributed by atoms with van der Waals surface area (Å²) in [4.78, 5) is 40.3. The summed E-state index contributed by atoms with van der Waals surface area (Å²) in [6.45, 7) is -1.02. The quantitative estimate of drug-likeness (QED) is 0.410. The Morgan fingerprint density at radius 2 is 1.49 bits per heavy atom. The fourth-order valence-corrected chi connectivity index (χ4v) is 4.00. The molecule has 11 heteroatoms. The second-order valence-electron chi connectivity index (χ2n) is 8.25. The van der Waals surface area contributed by atoms with Gasteiger partial charge in [-0.2, -0.15) is 13.2 Å². The van der Waals surface area contributed by atoms with Crippen LogP contribution in [0.1, 0.15) is 22.7 Å². The second-order valence-corrected chi connectivity index (χ2v) is 8.25. The molecule has 8 nitrogen and oxygen atoms in total. The van der Waals surface area contributed by atoms with Crippen LogP contribution in [0.15, 0.2) is 93.2 Å². The molecule has 0 amide bonds. The highest BCUT2D eigenvalue weighted by atomic mass is 19.4. The first-order valence-electron chi connectivity index (χ1n) is 11.2. The van der Waals surface area contributed by atoms with Gasteiger partial charge in [0.15, 0.2) is 0 Å². The van der Waals surface area contributed by atoms with Gasteiger partial charge in [-0.3, -0.25) is 0 Å². The van der Waals surface area contributed by atoms with Gasteiger partial charge >= 0.3 is 23.2 Å². The van der Waals surface area contributed by atoms with E-state index in [2.05, 4.69) is 0 Å². The Morgan fingerprint density at radius 3 is 2.16 bits per heavy atom. The van der Waals surface area contributed by atoms with Gasteiger partial charge in [-0.05, 0) is 29.3 Å². The van der Waals surface area contributed by atoms with Crippen LogP contribution < -0.4 is 27.5 Å². The van der Waals surface area contributed by atoms with Crippen LogP contribution in [0.5, 0.6) is 5.75 Å². The Bertz CT molecular complexity index is 1590. The van der Waals surface area contributed by atoms with Gasteiger partial charge in [0.25, 0.3) is 0 Å². The van der Waals surface area contributed by atoms with Gasteiger partial charge in [0.1, 0.15) is 5.75 Å². The van der Waals surface area contributed by atoms with E-state index < -0.39 is 41.4 Å². The van der Waals surface area contributed by atoms with Crippen molar-refractivity contribution >= 4 is 0 Å². The van der Waals surface area contributed by atoms with Crippen LogP contribution in [0.25, 0.3) is 5.69 Å². The molecule has 1 aromatic heterocycles. The third kappa shape index (κ3) is 5.26. The highest BCUT2D eigenvalue weighted by Gasteiger charge is 2.33. The van der Waals surface area contributed by atoms with Crippen LogP contribution in [0.2, 0.25) is 0 Å². The Balaban J connectivity index is 1.95. The zero-order valence-corrected chi connectivity index (χ0v) is 19.7. The van der Waals surface area contributed by atoms with Crippen molar-refractivity contribution < 1.29 is 17.9 Å². The number of rotatable bonds is 7. The molecule has 0 aliphatic rings. The van der Waals surface area contributed by atoms with E-state index in [4.69, 9.17) is 10.5 Å². The maximum absolute atomic E-state index is 13.6. The largest absolute Gasteiger partial charge is 0.497 e. The topological polar surface area (TPSA) is 101 Å². The van der Waals surface area contributed by atoms with Gasteiger partial charge < -0.3 is 10.5 Å². The molecule has 1 heterocycles. The first-order chi connectivity index (χ1) is 17.6. The minimum atomic E-state index is -4.71. The van der Waals surface area contributed by atoms with Crippen molar-refractivity contribution in [3.05, 3.63) is 127 Å². The summed E-state index contributed by atoms with van der Waals surface area (Å²) >= 11 is 0. The molecule has 0 fully saturated rings. The Morgan fingerprint density at radius 1 is 0.838 bits per heavy atom. The van der Waals surface area contributed by atoms with Crippen LogP contribution in [-0.2, 0) is 19.3 Å². The predicted octanol–water partition coefficient (Wildman–Crippen LogP) is 2.94. The maximum Gasteiger partial charge on any atom is 0.416 e. The second kappa shape index (κ2) is 10.3. The third-order valence-corrected chi connectivity index (χ3v) is 5.88. The number of benzene rings is 3. The molecule has 192 valence electrons. The molecule has 1 unspecified atom stereocenters. The predicted molar refractivity (Wildman–Crippen MR) is 131 cm³/mol. The average Bonchev–Trinajstić information content (AvgIpc) is 2.89. The van der Waals surface area contributed by atoms with Crippen molar-refractivity contribution in [3.63, 3.8) is 0 Å². The van der Waals surface area contributed by atoms with Crippen LogP contribution in [0.3, 0.4) is 0 Å². The Hall–Kier alpha value is -4.38. The van der Waals surface area contributed by atoms with Crippen LogP contribution in [0.4, 0.5) is 13.2 Å². The van der Waals surface area contributed by atoms with Crippen LogP contribution >= 0.6 is 0 Å². The average molecular weight is 512 g/mol. The number of nitrogens with two attached hydrogens (primary N) is 1. The lowest BCUT2D eigenvalue weighted by Crippen LogP contribution is -2.55. The highest BCUT2D eigenvalue weighted by molar-refractivity contribution is 5.39. The van der Waals surface area contributed by atoms with E-state index in [1.807, 2.05) is 0 Å². The summed E-state index contributed by atoms with van der Waals surface area (Å²) in [5, 5.41) is 0. The maximum atomic E-state index is 13.6. The summed E-state index contributed by atoms with van der Waals surface area (Å²) in [5.41, 5.74) is 2.53. The molecule has 0 aliphatic carbocycles. The third-order valence-electron chi connectivity index (χ3n) is 5.88. The highest BCUT2D eigenvalue weighted by Crippen LogP contribution is 2.32. The normalized spacial score (nSPS) is 12.4. The first kappa shape index (κ1) is 25.7. The molecule has 0 aliphatic heterocycles. The monoisotopic (exact) mass is 512 g/mol. The van der Waals surface area contributed by atoms with Crippen LogP contribution in [-0.4, -0.2) is 20.8 Å². The number of halogens is 3. The molecule has 2 N–H and O–H groups in total. The minimum absolute atomic E-state index is 0.0780. The van der Waals surface area contributed by atoms with E-state index in [0.29, 0.717) is 15.9 Å². The Kier molecular flexibility index (Phi) is 7.16. The summed E-state index contributed by atoms with van der Waals surface area (Å²) in [7, 11) is 1.40. The summed E-state index contributed by atoms with van der Waals surface area (Å²) in [5.74, 6) is 0.330. The number of nitrogens with zero attached hydrogens (tertiary/aromatic N) is 3. The molecule has 4 rings (SSSR count). The summed E-state index contributed by atoms with van der Waals surface area (Å²) in [6, 6.07) is 18.5. The molecule has 0 radical (unpaired) electrons. The molecular formula is C26H23F3N4O4. The molecule has 3 aromatic carbocycles. The summed E-state index contributed by atoms with van der Waals surface area (Å²) in [6.07, 6.45) is -4.71. The molecule has 0 bridgehead atoms. The van der Waals surface area contributed by atoms with Crippen LogP contribution in [0, 0.1) is 0 Å².